The van der Waals surface area contributed by atoms with Gasteiger partial charge in [0, 0.05) is 35.9 Å². The predicted octanol–water partition coefficient (Wildman–Crippen LogP) is 4.14. The number of ether oxygens (including phenoxy) is 2. The van der Waals surface area contributed by atoms with Crippen molar-refractivity contribution in [3.8, 4) is 11.5 Å². The molecule has 1 N–H and O–H groups in total. The lowest BCUT2D eigenvalue weighted by atomic mass is 10.2. The third-order valence-corrected chi connectivity index (χ3v) is 5.04. The van der Waals surface area contributed by atoms with Crippen LogP contribution in [0.4, 0.5) is 0 Å². The summed E-state index contributed by atoms with van der Waals surface area (Å²) in [6.07, 6.45) is 7.31. The fourth-order valence-corrected chi connectivity index (χ4v) is 3.13. The Hall–Kier alpha value is -4.24. The summed E-state index contributed by atoms with van der Waals surface area (Å²) in [6, 6.07) is 17.9. The summed E-state index contributed by atoms with van der Waals surface area (Å²) in [5, 5.41) is 12.9. The van der Waals surface area contributed by atoms with Crippen molar-refractivity contribution in [2.75, 3.05) is 6.61 Å². The number of benzene rings is 2. The van der Waals surface area contributed by atoms with Gasteiger partial charge in [0.05, 0.1) is 19.0 Å². The second kappa shape index (κ2) is 12.3. The highest BCUT2D eigenvalue weighted by Gasteiger charge is 2.04. The van der Waals surface area contributed by atoms with Crippen LogP contribution in [0.5, 0.6) is 11.5 Å². The predicted molar refractivity (Wildman–Crippen MR) is 132 cm³/mol. The number of amides is 1. The Labute approximate surface area is 207 Å². The number of carbonyl (C=O) groups excluding carboxylic acids is 1. The van der Waals surface area contributed by atoms with Crippen LogP contribution in [-0.2, 0) is 13.2 Å². The molecule has 0 aliphatic rings. The van der Waals surface area contributed by atoms with Crippen LogP contribution in [0.25, 0.3) is 0 Å². The molecule has 0 radical (unpaired) electrons. The Morgan fingerprint density at radius 1 is 1.00 bits per heavy atom. The van der Waals surface area contributed by atoms with Gasteiger partial charge in [0.2, 0.25) is 0 Å². The molecular formula is C25H23ClN6O3. The number of hydrogen-bond donors (Lipinski definition) is 1. The van der Waals surface area contributed by atoms with Gasteiger partial charge in [0.15, 0.2) is 0 Å². The number of hydrazone groups is 1. The number of carbonyl (C=O) groups is 1. The molecule has 0 atom stereocenters. The molecular weight excluding hydrogens is 468 g/mol. The van der Waals surface area contributed by atoms with E-state index >= 15 is 0 Å². The summed E-state index contributed by atoms with van der Waals surface area (Å²) in [6.45, 7) is 1.54. The van der Waals surface area contributed by atoms with E-state index in [-0.39, 0.29) is 5.91 Å². The molecule has 0 bridgehead atoms. The van der Waals surface area contributed by atoms with E-state index in [1.54, 1.807) is 47.6 Å². The maximum absolute atomic E-state index is 11.9. The quantitative estimate of drug-likeness (QED) is 0.192. The molecule has 0 spiro atoms. The van der Waals surface area contributed by atoms with Crippen molar-refractivity contribution in [2.24, 2.45) is 5.10 Å². The molecule has 4 aromatic rings. The fraction of sp³-hybridized carbons (Fsp3) is 0.160. The molecule has 0 fully saturated rings. The summed E-state index contributed by atoms with van der Waals surface area (Å²) < 4.78 is 13.2. The van der Waals surface area contributed by atoms with Gasteiger partial charge >= 0.3 is 0 Å². The zero-order valence-corrected chi connectivity index (χ0v) is 19.5. The lowest BCUT2D eigenvalue weighted by molar-refractivity contribution is 0.0955. The second-order valence-electron chi connectivity index (χ2n) is 7.42. The summed E-state index contributed by atoms with van der Waals surface area (Å²) in [5.74, 6) is 1.18. The highest BCUT2D eigenvalue weighted by molar-refractivity contribution is 6.30. The highest BCUT2D eigenvalue weighted by atomic mass is 35.5. The average Bonchev–Trinajstić information content (AvgIpc) is 3.35. The number of pyridine rings is 1. The number of nitrogens with one attached hydrogen (secondary N) is 1. The van der Waals surface area contributed by atoms with E-state index in [0.717, 1.165) is 29.2 Å². The van der Waals surface area contributed by atoms with Crippen LogP contribution < -0.4 is 14.9 Å². The summed E-state index contributed by atoms with van der Waals surface area (Å²) in [4.78, 5) is 15.8. The van der Waals surface area contributed by atoms with Crippen LogP contribution in [0.1, 0.15) is 28.0 Å². The lowest BCUT2D eigenvalue weighted by Gasteiger charge is -2.06. The Morgan fingerprint density at radius 2 is 1.71 bits per heavy atom. The summed E-state index contributed by atoms with van der Waals surface area (Å²) in [5.41, 5.74) is 4.56. The minimum Gasteiger partial charge on any atom is -0.494 e. The molecule has 9 nitrogen and oxygen atoms in total. The van der Waals surface area contributed by atoms with E-state index in [0.29, 0.717) is 30.3 Å². The van der Waals surface area contributed by atoms with Crippen molar-refractivity contribution in [3.63, 3.8) is 0 Å². The van der Waals surface area contributed by atoms with Gasteiger partial charge in [-0.2, -0.15) is 5.10 Å². The van der Waals surface area contributed by atoms with Gasteiger partial charge in [-0.1, -0.05) is 16.8 Å². The van der Waals surface area contributed by atoms with E-state index < -0.39 is 0 Å². The van der Waals surface area contributed by atoms with E-state index in [9.17, 15) is 4.79 Å². The average molecular weight is 491 g/mol. The maximum atomic E-state index is 11.9. The summed E-state index contributed by atoms with van der Waals surface area (Å²) in [7, 11) is 0. The van der Waals surface area contributed by atoms with Crippen LogP contribution in [0.3, 0.4) is 0 Å². The third kappa shape index (κ3) is 7.65. The smallest absolute Gasteiger partial charge is 0.271 e. The molecule has 35 heavy (non-hydrogen) atoms. The first-order valence-corrected chi connectivity index (χ1v) is 11.3. The minimum absolute atomic E-state index is 0.294. The molecule has 0 saturated carbocycles. The topological polar surface area (TPSA) is 104 Å². The molecule has 2 aromatic heterocycles. The Kier molecular flexibility index (Phi) is 8.39. The van der Waals surface area contributed by atoms with E-state index in [2.05, 4.69) is 25.8 Å². The Bertz CT molecular complexity index is 1240. The van der Waals surface area contributed by atoms with Crippen molar-refractivity contribution in [1.82, 2.24) is 25.4 Å². The lowest BCUT2D eigenvalue weighted by Crippen LogP contribution is -2.17. The van der Waals surface area contributed by atoms with Crippen LogP contribution in [-0.4, -0.2) is 38.7 Å². The van der Waals surface area contributed by atoms with Gasteiger partial charge < -0.3 is 9.47 Å². The third-order valence-electron chi connectivity index (χ3n) is 4.79. The fourth-order valence-electron chi connectivity index (χ4n) is 3.00. The molecule has 0 aliphatic carbocycles. The van der Waals surface area contributed by atoms with Crippen molar-refractivity contribution in [2.45, 2.75) is 19.6 Å². The maximum Gasteiger partial charge on any atom is 0.271 e. The molecule has 2 aromatic carbocycles. The molecule has 1 amide bonds. The molecule has 2 heterocycles. The van der Waals surface area contributed by atoms with Gasteiger partial charge in [0.25, 0.3) is 5.91 Å². The van der Waals surface area contributed by atoms with Crippen molar-refractivity contribution < 1.29 is 14.3 Å². The highest BCUT2D eigenvalue weighted by Crippen LogP contribution is 2.16. The largest absolute Gasteiger partial charge is 0.494 e. The number of aromatic nitrogens is 4. The van der Waals surface area contributed by atoms with Crippen molar-refractivity contribution >= 4 is 23.7 Å². The molecule has 178 valence electrons. The Morgan fingerprint density at radius 3 is 2.49 bits per heavy atom. The molecule has 10 heteroatoms. The number of hydrogen-bond acceptors (Lipinski definition) is 7. The van der Waals surface area contributed by atoms with Gasteiger partial charge in [-0.15, -0.1) is 5.10 Å². The van der Waals surface area contributed by atoms with Crippen LogP contribution in [0, 0.1) is 0 Å². The standard InChI is InChI=1S/C25H23ClN6O3/c26-21-4-8-24(9-5-21)35-18-22-17-32(31-29-22)14-1-15-34-23-6-2-19(3-7-23)16-28-30-25(33)20-10-12-27-13-11-20/h2-13,16-17H,1,14-15,18H2,(H,30,33)/b28-16+. The van der Waals surface area contributed by atoms with Gasteiger partial charge in [-0.05, 0) is 66.2 Å². The zero-order chi connectivity index (χ0) is 24.3. The van der Waals surface area contributed by atoms with Crippen LogP contribution in [0.15, 0.2) is 84.4 Å². The first kappa shape index (κ1) is 23.9. The number of nitrogens with zero attached hydrogens (tertiary/aromatic N) is 5. The van der Waals surface area contributed by atoms with Crippen molar-refractivity contribution in [3.05, 3.63) is 101 Å². The van der Waals surface area contributed by atoms with Crippen molar-refractivity contribution in [1.29, 1.82) is 0 Å². The Balaban J connectivity index is 1.14. The van der Waals surface area contributed by atoms with Gasteiger partial charge in [-0.3, -0.25) is 14.5 Å². The molecule has 0 aliphatic heterocycles. The van der Waals surface area contributed by atoms with Gasteiger partial charge in [0.1, 0.15) is 23.8 Å². The SMILES string of the molecule is O=C(N/N=C/c1ccc(OCCCn2cc(COc3ccc(Cl)cc3)nn2)cc1)c1ccncc1. The normalized spacial score (nSPS) is 10.9. The minimum atomic E-state index is -0.294. The first-order valence-electron chi connectivity index (χ1n) is 10.9. The molecule has 0 unspecified atom stereocenters. The van der Waals surface area contributed by atoms with Crippen LogP contribution >= 0.6 is 11.6 Å². The van der Waals surface area contributed by atoms with Gasteiger partial charge in [-0.25, -0.2) is 5.43 Å². The molecule has 0 saturated heterocycles. The van der Waals surface area contributed by atoms with Crippen LogP contribution in [0.2, 0.25) is 5.02 Å². The van der Waals surface area contributed by atoms with E-state index in [1.165, 1.54) is 0 Å². The number of halogens is 1. The second-order valence-corrected chi connectivity index (χ2v) is 7.86. The first-order chi connectivity index (χ1) is 17.2. The van der Waals surface area contributed by atoms with E-state index in [4.69, 9.17) is 21.1 Å². The zero-order valence-electron chi connectivity index (χ0n) is 18.8. The number of rotatable bonds is 11. The van der Waals surface area contributed by atoms with E-state index in [1.807, 2.05) is 42.6 Å². The summed E-state index contributed by atoms with van der Waals surface area (Å²) >= 11 is 5.87. The monoisotopic (exact) mass is 490 g/mol. The number of aryl methyl sites for hydroxylation is 1. The molecule has 4 rings (SSSR count).